The van der Waals surface area contributed by atoms with Crippen molar-refractivity contribution in [3.63, 3.8) is 0 Å². The van der Waals surface area contributed by atoms with Crippen molar-refractivity contribution in [3.8, 4) is 0 Å². The van der Waals surface area contributed by atoms with E-state index >= 15 is 0 Å². The minimum atomic E-state index is 0.0751. The molecule has 0 aliphatic carbocycles. The van der Waals surface area contributed by atoms with Crippen molar-refractivity contribution >= 4 is 23.4 Å². The van der Waals surface area contributed by atoms with Gasteiger partial charge in [0.1, 0.15) is 0 Å². The number of aromatic nitrogens is 1. The summed E-state index contributed by atoms with van der Waals surface area (Å²) in [6, 6.07) is 12.2. The topological polar surface area (TPSA) is 39.7 Å². The molecule has 5 heteroatoms. The largest absolute Gasteiger partial charge is 0.378 e. The zero-order valence-electron chi connectivity index (χ0n) is 14.8. The fourth-order valence-corrected chi connectivity index (χ4v) is 2.90. The fraction of sp³-hybridized carbons (Fsp3) is 0.300. The van der Waals surface area contributed by atoms with Gasteiger partial charge in [-0.3, -0.25) is 9.78 Å². The van der Waals surface area contributed by atoms with E-state index in [-0.39, 0.29) is 5.91 Å². The van der Waals surface area contributed by atoms with Gasteiger partial charge in [0.05, 0.1) is 0 Å². The minimum Gasteiger partial charge on any atom is -0.378 e. The molecule has 25 heavy (non-hydrogen) atoms. The van der Waals surface area contributed by atoms with Gasteiger partial charge < -0.3 is 14.7 Å². The first kappa shape index (κ1) is 17.0. The number of benzene rings is 1. The number of carbonyl (C=O) groups is 1. The van der Waals surface area contributed by atoms with Gasteiger partial charge in [0.25, 0.3) is 0 Å². The average Bonchev–Trinajstić information content (AvgIpc) is 2.67. The van der Waals surface area contributed by atoms with Crippen LogP contribution in [0.5, 0.6) is 0 Å². The molecule has 2 aromatic rings. The quantitative estimate of drug-likeness (QED) is 0.805. The molecule has 5 nitrogen and oxygen atoms in total. The van der Waals surface area contributed by atoms with E-state index in [1.54, 1.807) is 18.5 Å². The summed E-state index contributed by atoms with van der Waals surface area (Å²) in [4.78, 5) is 22.7. The molecule has 0 spiro atoms. The van der Waals surface area contributed by atoms with E-state index in [1.807, 2.05) is 49.3 Å². The molecule has 130 valence electrons. The Morgan fingerprint density at radius 1 is 1.00 bits per heavy atom. The lowest BCUT2D eigenvalue weighted by Gasteiger charge is -2.35. The molecule has 1 saturated heterocycles. The number of carbonyl (C=O) groups excluding carboxylic acids is 1. The maximum absolute atomic E-state index is 12.4. The Kier molecular flexibility index (Phi) is 5.33. The van der Waals surface area contributed by atoms with Crippen LogP contribution in [0.1, 0.15) is 5.56 Å². The first-order chi connectivity index (χ1) is 12.1. The summed E-state index contributed by atoms with van der Waals surface area (Å²) in [5, 5.41) is 0. The standard InChI is InChI=1S/C20H24N4O/c1-22(2)18-6-3-17(4-7-18)5-8-20(25)24-15-13-23(14-16-24)19-9-11-21-12-10-19/h3-12H,13-16H2,1-2H3. The molecule has 1 aromatic carbocycles. The summed E-state index contributed by atoms with van der Waals surface area (Å²) < 4.78 is 0. The summed E-state index contributed by atoms with van der Waals surface area (Å²) >= 11 is 0. The molecule has 0 saturated carbocycles. The Bertz CT molecular complexity index is 717. The van der Waals surface area contributed by atoms with Gasteiger partial charge in [-0.05, 0) is 35.9 Å². The van der Waals surface area contributed by atoms with Crippen LogP contribution in [0.3, 0.4) is 0 Å². The SMILES string of the molecule is CN(C)c1ccc(C=CC(=O)N2CCN(c3ccncc3)CC2)cc1. The molecule has 1 aliphatic rings. The van der Waals surface area contributed by atoms with Crippen LogP contribution in [0.25, 0.3) is 6.08 Å². The summed E-state index contributed by atoms with van der Waals surface area (Å²) in [6.07, 6.45) is 7.16. The smallest absolute Gasteiger partial charge is 0.246 e. The number of hydrogen-bond donors (Lipinski definition) is 0. The van der Waals surface area contributed by atoms with E-state index in [1.165, 1.54) is 5.69 Å². The highest BCUT2D eigenvalue weighted by molar-refractivity contribution is 5.92. The zero-order valence-corrected chi connectivity index (χ0v) is 14.8. The van der Waals surface area contributed by atoms with Crippen molar-refractivity contribution in [3.05, 3.63) is 60.4 Å². The molecule has 3 rings (SSSR count). The van der Waals surface area contributed by atoms with Gasteiger partial charge >= 0.3 is 0 Å². The molecule has 0 unspecified atom stereocenters. The Morgan fingerprint density at radius 2 is 1.64 bits per heavy atom. The van der Waals surface area contributed by atoms with E-state index in [9.17, 15) is 4.79 Å². The lowest BCUT2D eigenvalue weighted by atomic mass is 10.2. The van der Waals surface area contributed by atoms with Crippen molar-refractivity contribution in [2.45, 2.75) is 0 Å². The first-order valence-corrected chi connectivity index (χ1v) is 8.53. The van der Waals surface area contributed by atoms with E-state index in [0.717, 1.165) is 37.4 Å². The molecule has 0 radical (unpaired) electrons. The maximum Gasteiger partial charge on any atom is 0.246 e. The summed E-state index contributed by atoms with van der Waals surface area (Å²) in [7, 11) is 4.03. The third kappa shape index (κ3) is 4.38. The van der Waals surface area contributed by atoms with Crippen LogP contribution in [-0.4, -0.2) is 56.1 Å². The number of amides is 1. The fourth-order valence-electron chi connectivity index (χ4n) is 2.90. The number of nitrogens with zero attached hydrogens (tertiary/aromatic N) is 4. The molecule has 0 bridgehead atoms. The Morgan fingerprint density at radius 3 is 2.24 bits per heavy atom. The van der Waals surface area contributed by atoms with Crippen LogP contribution in [0, 0.1) is 0 Å². The third-order valence-corrected chi connectivity index (χ3v) is 4.45. The molecule has 0 atom stereocenters. The van der Waals surface area contributed by atoms with Crippen LogP contribution >= 0.6 is 0 Å². The summed E-state index contributed by atoms with van der Waals surface area (Å²) in [6.45, 7) is 3.18. The van der Waals surface area contributed by atoms with E-state index < -0.39 is 0 Å². The van der Waals surface area contributed by atoms with Gasteiger partial charge in [0.15, 0.2) is 0 Å². The van der Waals surface area contributed by atoms with Crippen molar-refractivity contribution < 1.29 is 4.79 Å². The van der Waals surface area contributed by atoms with Gasteiger partial charge in [-0.15, -0.1) is 0 Å². The minimum absolute atomic E-state index is 0.0751. The predicted octanol–water partition coefficient (Wildman–Crippen LogP) is 2.51. The maximum atomic E-state index is 12.4. The molecular formula is C20H24N4O. The summed E-state index contributed by atoms with van der Waals surface area (Å²) in [5.41, 5.74) is 3.35. The van der Waals surface area contributed by atoms with E-state index in [0.29, 0.717) is 0 Å². The lowest BCUT2D eigenvalue weighted by molar-refractivity contribution is -0.126. The van der Waals surface area contributed by atoms with Crippen LogP contribution in [0.2, 0.25) is 0 Å². The molecule has 0 N–H and O–H groups in total. The van der Waals surface area contributed by atoms with Crippen LogP contribution in [0.4, 0.5) is 11.4 Å². The second-order valence-electron chi connectivity index (χ2n) is 6.34. The molecular weight excluding hydrogens is 312 g/mol. The van der Waals surface area contributed by atoms with Gasteiger partial charge in [-0.1, -0.05) is 12.1 Å². The predicted molar refractivity (Wildman–Crippen MR) is 103 cm³/mol. The van der Waals surface area contributed by atoms with Gasteiger partial charge in [0.2, 0.25) is 5.91 Å². The first-order valence-electron chi connectivity index (χ1n) is 8.53. The van der Waals surface area contributed by atoms with Crippen LogP contribution < -0.4 is 9.80 Å². The monoisotopic (exact) mass is 336 g/mol. The second-order valence-corrected chi connectivity index (χ2v) is 6.34. The van der Waals surface area contributed by atoms with Crippen molar-refractivity contribution in [1.82, 2.24) is 9.88 Å². The van der Waals surface area contributed by atoms with Gasteiger partial charge in [0, 0.05) is 70.1 Å². The van der Waals surface area contributed by atoms with E-state index in [4.69, 9.17) is 0 Å². The summed E-state index contributed by atoms with van der Waals surface area (Å²) in [5.74, 6) is 0.0751. The molecule has 1 aromatic heterocycles. The highest BCUT2D eigenvalue weighted by Gasteiger charge is 2.19. The number of piperazine rings is 1. The molecule has 1 fully saturated rings. The highest BCUT2D eigenvalue weighted by Crippen LogP contribution is 2.16. The van der Waals surface area contributed by atoms with Crippen molar-refractivity contribution in [1.29, 1.82) is 0 Å². The van der Waals surface area contributed by atoms with Crippen molar-refractivity contribution in [2.75, 3.05) is 50.1 Å². The molecule has 2 heterocycles. The molecule has 1 amide bonds. The normalized spacial score (nSPS) is 14.8. The Balaban J connectivity index is 1.54. The van der Waals surface area contributed by atoms with Crippen LogP contribution in [0.15, 0.2) is 54.9 Å². The third-order valence-electron chi connectivity index (χ3n) is 4.45. The number of pyridine rings is 1. The van der Waals surface area contributed by atoms with Crippen LogP contribution in [-0.2, 0) is 4.79 Å². The van der Waals surface area contributed by atoms with Gasteiger partial charge in [-0.25, -0.2) is 0 Å². The number of anilines is 2. The number of hydrogen-bond acceptors (Lipinski definition) is 4. The zero-order chi connectivity index (χ0) is 17.6. The Hall–Kier alpha value is -2.82. The second kappa shape index (κ2) is 7.83. The lowest BCUT2D eigenvalue weighted by Crippen LogP contribution is -2.48. The number of rotatable bonds is 4. The average molecular weight is 336 g/mol. The molecule has 1 aliphatic heterocycles. The van der Waals surface area contributed by atoms with E-state index in [2.05, 4.69) is 26.9 Å². The Labute approximate surface area is 149 Å². The highest BCUT2D eigenvalue weighted by atomic mass is 16.2. The van der Waals surface area contributed by atoms with Crippen molar-refractivity contribution in [2.24, 2.45) is 0 Å². The van der Waals surface area contributed by atoms with Gasteiger partial charge in [-0.2, -0.15) is 0 Å².